The van der Waals surface area contributed by atoms with Gasteiger partial charge in [0.05, 0.1) is 33.0 Å². The molecule has 0 N–H and O–H groups in total. The molecule has 2 aliphatic heterocycles. The number of rotatable bonds is 3. The van der Waals surface area contributed by atoms with Crippen LogP contribution in [0.4, 0.5) is 0 Å². The highest BCUT2D eigenvalue weighted by Crippen LogP contribution is 2.50. The summed E-state index contributed by atoms with van der Waals surface area (Å²) in [6.07, 6.45) is 0. The number of nitriles is 1. The lowest BCUT2D eigenvalue weighted by molar-refractivity contribution is -0.266. The van der Waals surface area contributed by atoms with Crippen molar-refractivity contribution in [3.05, 3.63) is 35.9 Å². The molecule has 0 spiro atoms. The zero-order valence-electron chi connectivity index (χ0n) is 12.4. The largest absolute Gasteiger partial charge is 0.467 e. The van der Waals surface area contributed by atoms with Crippen LogP contribution in [0.2, 0.25) is 0 Å². The Labute approximate surface area is 129 Å². The fraction of sp³-hybridized carbons (Fsp3) is 0.500. The second-order valence-corrected chi connectivity index (χ2v) is 5.40. The number of nitrogens with zero attached hydrogens (tertiary/aromatic N) is 2. The SMILES string of the molecule is COC(=O)[C@@]1(c2ccccc2)OC[C@]1(C#N)N1CCOCC1. The summed E-state index contributed by atoms with van der Waals surface area (Å²) in [4.78, 5) is 14.6. The Bertz CT molecular complexity index is 594. The minimum atomic E-state index is -1.41. The predicted molar refractivity (Wildman–Crippen MR) is 76.8 cm³/mol. The van der Waals surface area contributed by atoms with E-state index < -0.39 is 17.1 Å². The third-order valence-corrected chi connectivity index (χ3v) is 4.47. The van der Waals surface area contributed by atoms with Crippen molar-refractivity contribution in [2.45, 2.75) is 11.1 Å². The Morgan fingerprint density at radius 1 is 1.32 bits per heavy atom. The van der Waals surface area contributed by atoms with Gasteiger partial charge in [-0.1, -0.05) is 30.3 Å². The Hall–Kier alpha value is -1.94. The number of carbonyl (C=O) groups is 1. The van der Waals surface area contributed by atoms with Gasteiger partial charge in [0.1, 0.15) is 0 Å². The highest BCUT2D eigenvalue weighted by molar-refractivity contribution is 5.86. The van der Waals surface area contributed by atoms with Crippen LogP contribution in [0.3, 0.4) is 0 Å². The van der Waals surface area contributed by atoms with E-state index in [1.165, 1.54) is 7.11 Å². The summed E-state index contributed by atoms with van der Waals surface area (Å²) >= 11 is 0. The van der Waals surface area contributed by atoms with Crippen LogP contribution in [0.5, 0.6) is 0 Å². The molecule has 0 unspecified atom stereocenters. The molecule has 6 heteroatoms. The predicted octanol–water partition coefficient (Wildman–Crippen LogP) is 0.680. The van der Waals surface area contributed by atoms with Gasteiger partial charge < -0.3 is 14.2 Å². The lowest BCUT2D eigenvalue weighted by Crippen LogP contribution is -2.77. The van der Waals surface area contributed by atoms with E-state index in [0.717, 1.165) is 0 Å². The normalized spacial score (nSPS) is 31.8. The monoisotopic (exact) mass is 302 g/mol. The Morgan fingerprint density at radius 2 is 2.00 bits per heavy atom. The molecule has 0 amide bonds. The summed E-state index contributed by atoms with van der Waals surface area (Å²) in [5.41, 5.74) is -1.83. The summed E-state index contributed by atoms with van der Waals surface area (Å²) in [7, 11) is 1.32. The van der Waals surface area contributed by atoms with Gasteiger partial charge in [-0.05, 0) is 5.56 Å². The van der Waals surface area contributed by atoms with Crippen molar-refractivity contribution in [3.63, 3.8) is 0 Å². The first-order valence-electron chi connectivity index (χ1n) is 7.23. The first-order valence-corrected chi connectivity index (χ1v) is 7.23. The first-order chi connectivity index (χ1) is 10.7. The van der Waals surface area contributed by atoms with Crippen LogP contribution in [-0.4, -0.2) is 56.4 Å². The van der Waals surface area contributed by atoms with Gasteiger partial charge in [0.25, 0.3) is 0 Å². The van der Waals surface area contributed by atoms with Crippen LogP contribution in [0, 0.1) is 11.3 Å². The molecular formula is C16H18N2O4. The van der Waals surface area contributed by atoms with E-state index in [-0.39, 0.29) is 6.61 Å². The van der Waals surface area contributed by atoms with E-state index in [4.69, 9.17) is 14.2 Å². The first kappa shape index (κ1) is 15.0. The molecule has 2 heterocycles. The lowest BCUT2D eigenvalue weighted by atomic mass is 9.69. The zero-order valence-corrected chi connectivity index (χ0v) is 12.4. The molecule has 1 aromatic rings. The van der Waals surface area contributed by atoms with Gasteiger partial charge in [-0.25, -0.2) is 4.79 Å². The highest BCUT2D eigenvalue weighted by atomic mass is 16.6. The standard InChI is InChI=1S/C16H18N2O4/c1-20-14(19)16(13-5-3-2-4-6-13)15(11-17,12-22-16)18-7-9-21-10-8-18/h2-6H,7-10,12H2,1H3/t15-,16+/m0/s1. The number of ether oxygens (including phenoxy) is 3. The van der Waals surface area contributed by atoms with Crippen LogP contribution in [0.15, 0.2) is 30.3 Å². The van der Waals surface area contributed by atoms with Gasteiger partial charge >= 0.3 is 5.97 Å². The fourth-order valence-electron chi connectivity index (χ4n) is 3.28. The quantitative estimate of drug-likeness (QED) is 0.765. The maximum Gasteiger partial charge on any atom is 0.346 e. The molecule has 22 heavy (non-hydrogen) atoms. The number of esters is 1. The summed E-state index contributed by atoms with van der Waals surface area (Å²) < 4.78 is 16.1. The van der Waals surface area contributed by atoms with Gasteiger partial charge in [-0.3, -0.25) is 4.90 Å². The Balaban J connectivity index is 2.09. The average Bonchev–Trinajstić information content (AvgIpc) is 2.57. The van der Waals surface area contributed by atoms with Crippen molar-refractivity contribution in [1.82, 2.24) is 4.90 Å². The van der Waals surface area contributed by atoms with E-state index in [2.05, 4.69) is 6.07 Å². The fourth-order valence-corrected chi connectivity index (χ4v) is 3.28. The number of morpholine rings is 1. The molecule has 0 saturated carbocycles. The van der Waals surface area contributed by atoms with Crippen LogP contribution >= 0.6 is 0 Å². The number of benzene rings is 1. The van der Waals surface area contributed by atoms with Crippen LogP contribution in [-0.2, 0) is 24.6 Å². The molecule has 0 aromatic heterocycles. The maximum absolute atomic E-state index is 12.6. The second-order valence-electron chi connectivity index (χ2n) is 5.40. The van der Waals surface area contributed by atoms with E-state index in [9.17, 15) is 10.1 Å². The minimum Gasteiger partial charge on any atom is -0.467 e. The van der Waals surface area contributed by atoms with Crippen LogP contribution in [0.25, 0.3) is 0 Å². The van der Waals surface area contributed by atoms with Crippen molar-refractivity contribution in [1.29, 1.82) is 5.26 Å². The number of methoxy groups -OCH3 is 1. The zero-order chi connectivity index (χ0) is 15.6. The third-order valence-electron chi connectivity index (χ3n) is 4.47. The van der Waals surface area contributed by atoms with Crippen LogP contribution < -0.4 is 0 Å². The van der Waals surface area contributed by atoms with E-state index in [0.29, 0.717) is 31.9 Å². The van der Waals surface area contributed by atoms with Gasteiger partial charge in [-0.2, -0.15) is 5.26 Å². The van der Waals surface area contributed by atoms with E-state index in [1.807, 2.05) is 23.1 Å². The average molecular weight is 302 g/mol. The maximum atomic E-state index is 12.6. The van der Waals surface area contributed by atoms with Crippen molar-refractivity contribution < 1.29 is 19.0 Å². The lowest BCUT2D eigenvalue weighted by Gasteiger charge is -2.57. The smallest absolute Gasteiger partial charge is 0.346 e. The molecular weight excluding hydrogens is 284 g/mol. The number of hydrogen-bond donors (Lipinski definition) is 0. The molecule has 116 valence electrons. The number of hydrogen-bond acceptors (Lipinski definition) is 6. The minimum absolute atomic E-state index is 0.174. The Morgan fingerprint density at radius 3 is 2.50 bits per heavy atom. The van der Waals surface area contributed by atoms with Gasteiger partial charge in [-0.15, -0.1) is 0 Å². The molecule has 0 aliphatic carbocycles. The highest BCUT2D eigenvalue weighted by Gasteiger charge is 2.71. The van der Waals surface area contributed by atoms with Gasteiger partial charge in [0.15, 0.2) is 5.54 Å². The molecule has 2 fully saturated rings. The molecule has 2 atom stereocenters. The molecule has 2 aliphatic rings. The third kappa shape index (κ3) is 1.87. The molecule has 0 bridgehead atoms. The summed E-state index contributed by atoms with van der Waals surface area (Å²) in [6, 6.07) is 11.4. The summed E-state index contributed by atoms with van der Waals surface area (Å²) in [5, 5.41) is 9.91. The van der Waals surface area contributed by atoms with Crippen LogP contribution in [0.1, 0.15) is 5.56 Å². The summed E-state index contributed by atoms with van der Waals surface area (Å²) in [5.74, 6) is -0.544. The van der Waals surface area contributed by atoms with E-state index >= 15 is 0 Å². The molecule has 6 nitrogen and oxygen atoms in total. The topological polar surface area (TPSA) is 71.8 Å². The van der Waals surface area contributed by atoms with Gasteiger partial charge in [0, 0.05) is 13.1 Å². The van der Waals surface area contributed by atoms with Crippen molar-refractivity contribution in [2.24, 2.45) is 0 Å². The van der Waals surface area contributed by atoms with Crippen molar-refractivity contribution >= 4 is 5.97 Å². The van der Waals surface area contributed by atoms with Crippen molar-refractivity contribution in [2.75, 3.05) is 40.0 Å². The van der Waals surface area contributed by atoms with E-state index in [1.54, 1.807) is 12.1 Å². The molecule has 3 rings (SSSR count). The molecule has 1 aromatic carbocycles. The van der Waals surface area contributed by atoms with Crippen molar-refractivity contribution in [3.8, 4) is 6.07 Å². The van der Waals surface area contributed by atoms with Gasteiger partial charge in [0.2, 0.25) is 5.60 Å². The number of carbonyl (C=O) groups excluding carboxylic acids is 1. The summed E-state index contributed by atoms with van der Waals surface area (Å²) in [6.45, 7) is 2.42. The second kappa shape index (κ2) is 5.69. The molecule has 2 saturated heterocycles. The molecule has 0 radical (unpaired) electrons. The Kier molecular flexibility index (Phi) is 3.87.